The van der Waals surface area contributed by atoms with Crippen LogP contribution in [0.3, 0.4) is 0 Å². The number of aromatic nitrogens is 2. The number of fused-ring (bicyclic) bond motifs is 2. The van der Waals surface area contributed by atoms with E-state index in [1.807, 2.05) is 12.1 Å². The Morgan fingerprint density at radius 3 is 2.61 bits per heavy atom. The maximum atomic E-state index is 14.0. The molecule has 4 rings (SSSR count). The normalized spacial score (nSPS) is 10.6. The third-order valence-electron chi connectivity index (χ3n) is 4.48. The molecular formula is C23H23FN2O2. The summed E-state index contributed by atoms with van der Waals surface area (Å²) in [7, 11) is 0. The number of nitrogens with zero attached hydrogens (tertiary/aromatic N) is 1. The summed E-state index contributed by atoms with van der Waals surface area (Å²) in [6.45, 7) is 7.78. The first kappa shape index (κ1) is 19.5. The summed E-state index contributed by atoms with van der Waals surface area (Å²) in [5.74, 6) is -0.495. The van der Waals surface area contributed by atoms with Gasteiger partial charge in [0.05, 0.1) is 6.61 Å². The van der Waals surface area contributed by atoms with Gasteiger partial charge in [0.1, 0.15) is 11.3 Å². The minimum Gasteiger partial charge on any atom is -0.466 e. The lowest BCUT2D eigenvalue weighted by Gasteiger charge is -2.07. The fourth-order valence-corrected chi connectivity index (χ4v) is 3.35. The van der Waals surface area contributed by atoms with Crippen molar-refractivity contribution in [3.05, 3.63) is 65.7 Å². The Kier molecular flexibility index (Phi) is 5.73. The van der Waals surface area contributed by atoms with E-state index in [-0.39, 0.29) is 11.8 Å². The van der Waals surface area contributed by atoms with E-state index in [1.54, 1.807) is 19.2 Å². The lowest BCUT2D eigenvalue weighted by molar-refractivity contribution is -0.140. The Morgan fingerprint density at radius 1 is 1.14 bits per heavy atom. The lowest BCUT2D eigenvalue weighted by atomic mass is 9.98. The standard InChI is InChI=1S/C19H15FN2.C4H8O2/c1-11-6-7-17-15(10-11)18(12(2)22-17)13-8-9-21-19-14(13)4-3-5-16(19)20;1-3-6-4(2)5/h3-10,22H,1-2H3;3H2,1-2H3. The van der Waals surface area contributed by atoms with Gasteiger partial charge in [0.2, 0.25) is 0 Å². The summed E-state index contributed by atoms with van der Waals surface area (Å²) in [6, 6.07) is 13.4. The number of rotatable bonds is 2. The lowest BCUT2D eigenvalue weighted by Crippen LogP contribution is -1.95. The quantitative estimate of drug-likeness (QED) is 0.455. The van der Waals surface area contributed by atoms with Gasteiger partial charge in [-0.25, -0.2) is 4.39 Å². The van der Waals surface area contributed by atoms with E-state index in [0.29, 0.717) is 12.1 Å². The van der Waals surface area contributed by atoms with Crippen molar-refractivity contribution in [1.29, 1.82) is 0 Å². The molecule has 0 spiro atoms. The fourth-order valence-electron chi connectivity index (χ4n) is 3.35. The number of ether oxygens (including phenoxy) is 1. The molecule has 144 valence electrons. The molecule has 2 heterocycles. The molecule has 1 N–H and O–H groups in total. The number of carbonyl (C=O) groups is 1. The Bertz CT molecular complexity index is 1150. The van der Waals surface area contributed by atoms with Crippen LogP contribution in [-0.2, 0) is 9.53 Å². The number of H-pyrrole nitrogens is 1. The fraction of sp³-hybridized carbons (Fsp3) is 0.217. The number of para-hydroxylation sites is 1. The zero-order chi connectivity index (χ0) is 20.3. The van der Waals surface area contributed by atoms with Crippen LogP contribution in [0.15, 0.2) is 48.7 Å². The van der Waals surface area contributed by atoms with Gasteiger partial charge in [-0.2, -0.15) is 0 Å². The maximum absolute atomic E-state index is 14.0. The molecule has 0 saturated heterocycles. The van der Waals surface area contributed by atoms with Crippen LogP contribution in [0.1, 0.15) is 25.1 Å². The van der Waals surface area contributed by atoms with E-state index in [9.17, 15) is 9.18 Å². The molecule has 2 aromatic heterocycles. The van der Waals surface area contributed by atoms with Crippen LogP contribution in [0.25, 0.3) is 32.9 Å². The molecule has 0 saturated carbocycles. The number of carbonyl (C=O) groups excluding carboxylic acids is 1. The zero-order valence-corrected chi connectivity index (χ0v) is 16.5. The molecule has 0 fully saturated rings. The minimum atomic E-state index is -0.284. The number of aryl methyl sites for hydroxylation is 2. The first-order valence-electron chi connectivity index (χ1n) is 9.18. The first-order valence-corrected chi connectivity index (χ1v) is 9.18. The summed E-state index contributed by atoms with van der Waals surface area (Å²) in [6.07, 6.45) is 1.68. The Hall–Kier alpha value is -3.21. The maximum Gasteiger partial charge on any atom is 0.302 e. The van der Waals surface area contributed by atoms with Crippen LogP contribution in [0.2, 0.25) is 0 Å². The number of benzene rings is 2. The highest BCUT2D eigenvalue weighted by atomic mass is 19.1. The van der Waals surface area contributed by atoms with Crippen LogP contribution in [0.4, 0.5) is 4.39 Å². The third kappa shape index (κ3) is 3.88. The first-order chi connectivity index (χ1) is 13.4. The topological polar surface area (TPSA) is 55.0 Å². The van der Waals surface area contributed by atoms with Crippen molar-refractivity contribution >= 4 is 27.8 Å². The summed E-state index contributed by atoms with van der Waals surface area (Å²) < 4.78 is 18.4. The van der Waals surface area contributed by atoms with Crippen LogP contribution in [-0.4, -0.2) is 22.5 Å². The van der Waals surface area contributed by atoms with Gasteiger partial charge in [0.15, 0.2) is 0 Å². The summed E-state index contributed by atoms with van der Waals surface area (Å²) in [4.78, 5) is 17.4. The second kappa shape index (κ2) is 8.21. The van der Waals surface area contributed by atoms with Gasteiger partial charge in [-0.05, 0) is 50.6 Å². The molecule has 5 heteroatoms. The van der Waals surface area contributed by atoms with Gasteiger partial charge in [0, 0.05) is 40.7 Å². The molecule has 0 aliphatic heterocycles. The number of pyridine rings is 1. The van der Waals surface area contributed by atoms with Gasteiger partial charge < -0.3 is 9.72 Å². The number of aromatic amines is 1. The predicted molar refractivity (Wildman–Crippen MR) is 111 cm³/mol. The number of nitrogens with one attached hydrogen (secondary N) is 1. The average molecular weight is 378 g/mol. The molecule has 2 aromatic carbocycles. The summed E-state index contributed by atoms with van der Waals surface area (Å²) in [5.41, 5.74) is 5.94. The van der Waals surface area contributed by atoms with Crippen molar-refractivity contribution in [2.45, 2.75) is 27.7 Å². The summed E-state index contributed by atoms with van der Waals surface area (Å²) in [5, 5.41) is 2.00. The van der Waals surface area contributed by atoms with Crippen LogP contribution in [0, 0.1) is 19.7 Å². The predicted octanol–water partition coefficient (Wildman–Crippen LogP) is 5.71. The van der Waals surface area contributed by atoms with Crippen LogP contribution in [0.5, 0.6) is 0 Å². The molecule has 4 nitrogen and oxygen atoms in total. The molecule has 28 heavy (non-hydrogen) atoms. The zero-order valence-electron chi connectivity index (χ0n) is 16.5. The van der Waals surface area contributed by atoms with Gasteiger partial charge in [-0.15, -0.1) is 0 Å². The Morgan fingerprint density at radius 2 is 1.93 bits per heavy atom. The SMILES string of the molecule is CCOC(C)=O.Cc1ccc2[nH]c(C)c(-c3ccnc4c(F)cccc34)c2c1. The molecule has 0 atom stereocenters. The Labute approximate surface area is 163 Å². The molecule has 4 aromatic rings. The van der Waals surface area contributed by atoms with E-state index in [0.717, 1.165) is 33.1 Å². The highest BCUT2D eigenvalue weighted by Crippen LogP contribution is 2.36. The molecule has 0 radical (unpaired) electrons. The minimum absolute atomic E-state index is 0.211. The van der Waals surface area contributed by atoms with Crippen molar-refractivity contribution in [2.24, 2.45) is 0 Å². The number of hydrogen-bond acceptors (Lipinski definition) is 3. The Balaban J connectivity index is 0.000000330. The molecular weight excluding hydrogens is 355 g/mol. The highest BCUT2D eigenvalue weighted by molar-refractivity contribution is 6.05. The van der Waals surface area contributed by atoms with E-state index in [1.165, 1.54) is 18.6 Å². The average Bonchev–Trinajstić information content (AvgIpc) is 2.97. The largest absolute Gasteiger partial charge is 0.466 e. The van der Waals surface area contributed by atoms with Crippen molar-refractivity contribution in [2.75, 3.05) is 6.61 Å². The molecule has 0 aliphatic rings. The van der Waals surface area contributed by atoms with Gasteiger partial charge >= 0.3 is 5.97 Å². The van der Waals surface area contributed by atoms with Gasteiger partial charge in [-0.1, -0.05) is 23.8 Å². The molecule has 0 unspecified atom stereocenters. The van der Waals surface area contributed by atoms with Gasteiger partial charge in [0.25, 0.3) is 0 Å². The number of halogens is 1. The smallest absolute Gasteiger partial charge is 0.302 e. The second-order valence-electron chi connectivity index (χ2n) is 6.59. The molecule has 0 aliphatic carbocycles. The van der Waals surface area contributed by atoms with Crippen molar-refractivity contribution in [3.63, 3.8) is 0 Å². The second-order valence-corrected chi connectivity index (χ2v) is 6.59. The highest BCUT2D eigenvalue weighted by Gasteiger charge is 2.14. The van der Waals surface area contributed by atoms with Crippen molar-refractivity contribution in [3.8, 4) is 11.1 Å². The molecule has 0 bridgehead atoms. The van der Waals surface area contributed by atoms with E-state index >= 15 is 0 Å². The van der Waals surface area contributed by atoms with Crippen molar-refractivity contribution in [1.82, 2.24) is 9.97 Å². The van der Waals surface area contributed by atoms with E-state index < -0.39 is 0 Å². The van der Waals surface area contributed by atoms with E-state index in [2.05, 4.69) is 46.8 Å². The molecule has 0 amide bonds. The van der Waals surface area contributed by atoms with E-state index in [4.69, 9.17) is 0 Å². The third-order valence-corrected chi connectivity index (χ3v) is 4.48. The number of esters is 1. The van der Waals surface area contributed by atoms with Crippen LogP contribution < -0.4 is 0 Å². The monoisotopic (exact) mass is 378 g/mol. The number of hydrogen-bond donors (Lipinski definition) is 1. The van der Waals surface area contributed by atoms with Crippen molar-refractivity contribution < 1.29 is 13.9 Å². The van der Waals surface area contributed by atoms with Gasteiger partial charge in [-0.3, -0.25) is 9.78 Å². The summed E-state index contributed by atoms with van der Waals surface area (Å²) >= 11 is 0. The van der Waals surface area contributed by atoms with Crippen LogP contribution >= 0.6 is 0 Å².